The van der Waals surface area contributed by atoms with E-state index in [0.717, 1.165) is 0 Å². The Hall–Kier alpha value is -2.05. The fraction of sp³-hybridized carbons (Fsp3) is 0.583. The molecular weight excluding hydrogens is 250 g/mol. The molecule has 0 unspecified atom stereocenters. The zero-order valence-corrected chi connectivity index (χ0v) is 11.4. The van der Waals surface area contributed by atoms with Crippen LogP contribution >= 0.6 is 0 Å². The van der Waals surface area contributed by atoms with Gasteiger partial charge in [0.25, 0.3) is 5.56 Å². The first-order chi connectivity index (χ1) is 8.69. The highest BCUT2D eigenvalue weighted by Gasteiger charge is 2.31. The molecule has 0 atom stereocenters. The summed E-state index contributed by atoms with van der Waals surface area (Å²) in [4.78, 5) is 38.7. The quantitative estimate of drug-likeness (QED) is 0.734. The highest BCUT2D eigenvalue weighted by atomic mass is 16.6. The molecule has 1 aromatic rings. The van der Waals surface area contributed by atoms with E-state index in [-0.39, 0.29) is 13.1 Å². The second-order valence-corrected chi connectivity index (χ2v) is 5.58. The maximum absolute atomic E-state index is 11.9. The average molecular weight is 267 g/mol. The molecule has 0 saturated carbocycles. The van der Waals surface area contributed by atoms with Crippen molar-refractivity contribution >= 4 is 6.09 Å². The number of aromatic nitrogens is 2. The molecule has 104 valence electrons. The fourth-order valence-corrected chi connectivity index (χ4v) is 1.96. The van der Waals surface area contributed by atoms with E-state index < -0.39 is 22.9 Å². The van der Waals surface area contributed by atoms with Crippen molar-refractivity contribution in [3.8, 4) is 0 Å². The minimum absolute atomic E-state index is 0.160. The van der Waals surface area contributed by atoms with Gasteiger partial charge in [0.05, 0.1) is 24.3 Å². The minimum Gasteiger partial charge on any atom is -0.444 e. The predicted octanol–water partition coefficient (Wildman–Crippen LogP) is 0.324. The number of nitrogens with zero attached hydrogens (tertiary/aromatic N) is 2. The third-order valence-electron chi connectivity index (χ3n) is 2.89. The molecular formula is C12H17N3O4. The molecule has 19 heavy (non-hydrogen) atoms. The number of rotatable bonds is 0. The van der Waals surface area contributed by atoms with Gasteiger partial charge in [-0.15, -0.1) is 0 Å². The molecule has 1 aliphatic heterocycles. The maximum atomic E-state index is 11.9. The highest BCUT2D eigenvalue weighted by Crippen LogP contribution is 2.20. The average Bonchev–Trinajstić information content (AvgIpc) is 2.69. The predicted molar refractivity (Wildman–Crippen MR) is 67.8 cm³/mol. The molecule has 1 aliphatic rings. The normalized spacial score (nSPS) is 14.4. The van der Waals surface area contributed by atoms with Crippen LogP contribution in [0.25, 0.3) is 0 Å². The number of fused-ring (bicyclic) bond motifs is 1. The van der Waals surface area contributed by atoms with Gasteiger partial charge in [-0.3, -0.25) is 19.2 Å². The van der Waals surface area contributed by atoms with Crippen LogP contribution in [-0.2, 0) is 24.9 Å². The van der Waals surface area contributed by atoms with Crippen LogP contribution in [0, 0.1) is 0 Å². The van der Waals surface area contributed by atoms with Crippen LogP contribution in [0.2, 0.25) is 0 Å². The number of aromatic amines is 1. The maximum Gasteiger partial charge on any atom is 0.410 e. The van der Waals surface area contributed by atoms with Gasteiger partial charge in [0, 0.05) is 7.05 Å². The number of amides is 1. The number of nitrogens with one attached hydrogen (secondary N) is 1. The van der Waals surface area contributed by atoms with Crippen LogP contribution in [-0.4, -0.2) is 26.1 Å². The first kappa shape index (κ1) is 13.4. The van der Waals surface area contributed by atoms with E-state index in [1.807, 2.05) is 0 Å². The smallest absolute Gasteiger partial charge is 0.410 e. The molecule has 0 aromatic carbocycles. The molecule has 0 aliphatic carbocycles. The molecule has 7 heteroatoms. The Morgan fingerprint density at radius 1 is 1.26 bits per heavy atom. The Kier molecular flexibility index (Phi) is 3.00. The van der Waals surface area contributed by atoms with Gasteiger partial charge in [-0.25, -0.2) is 9.59 Å². The van der Waals surface area contributed by atoms with Crippen molar-refractivity contribution < 1.29 is 9.53 Å². The third kappa shape index (κ3) is 2.54. The summed E-state index contributed by atoms with van der Waals surface area (Å²) in [5.74, 6) is 0. The summed E-state index contributed by atoms with van der Waals surface area (Å²) >= 11 is 0. The van der Waals surface area contributed by atoms with Gasteiger partial charge >= 0.3 is 11.8 Å². The number of carbonyl (C=O) groups excluding carboxylic acids is 1. The minimum atomic E-state index is -0.593. The first-order valence-corrected chi connectivity index (χ1v) is 5.98. The molecule has 0 saturated heterocycles. The van der Waals surface area contributed by atoms with Crippen molar-refractivity contribution in [3.63, 3.8) is 0 Å². The summed E-state index contributed by atoms with van der Waals surface area (Å²) < 4.78 is 6.60. The van der Waals surface area contributed by atoms with Gasteiger partial charge < -0.3 is 4.74 Å². The van der Waals surface area contributed by atoms with Crippen molar-refractivity contribution in [1.82, 2.24) is 14.5 Å². The highest BCUT2D eigenvalue weighted by molar-refractivity contribution is 5.69. The van der Waals surface area contributed by atoms with Crippen LogP contribution in [0.15, 0.2) is 9.59 Å². The molecule has 0 radical (unpaired) electrons. The van der Waals surface area contributed by atoms with Gasteiger partial charge in [0.2, 0.25) is 0 Å². The summed E-state index contributed by atoms with van der Waals surface area (Å²) in [6.07, 6.45) is -0.490. The number of H-pyrrole nitrogens is 1. The van der Waals surface area contributed by atoms with E-state index in [2.05, 4.69) is 4.98 Å². The lowest BCUT2D eigenvalue weighted by atomic mass is 10.2. The second-order valence-electron chi connectivity index (χ2n) is 5.58. The molecule has 7 nitrogen and oxygen atoms in total. The molecule has 2 rings (SSSR count). The first-order valence-electron chi connectivity index (χ1n) is 5.98. The van der Waals surface area contributed by atoms with E-state index in [1.165, 1.54) is 9.47 Å². The number of hydrogen-bond acceptors (Lipinski definition) is 4. The Morgan fingerprint density at radius 2 is 1.89 bits per heavy atom. The number of ether oxygens (including phenoxy) is 1. The van der Waals surface area contributed by atoms with Crippen LogP contribution in [0.3, 0.4) is 0 Å². The SMILES string of the molecule is Cn1c2c(c(=O)[nH]c1=O)CN(C(=O)OC(C)(C)C)C2. The van der Waals surface area contributed by atoms with Gasteiger partial charge in [-0.2, -0.15) is 0 Å². The van der Waals surface area contributed by atoms with Crippen LogP contribution in [0.1, 0.15) is 32.0 Å². The number of carbonyl (C=O) groups is 1. The summed E-state index contributed by atoms with van der Waals surface area (Å²) in [6.45, 7) is 5.69. The molecule has 0 spiro atoms. The summed E-state index contributed by atoms with van der Waals surface area (Å²) in [7, 11) is 1.57. The van der Waals surface area contributed by atoms with E-state index >= 15 is 0 Å². The summed E-state index contributed by atoms with van der Waals surface area (Å²) in [6, 6.07) is 0. The lowest BCUT2D eigenvalue weighted by Crippen LogP contribution is -2.33. The Balaban J connectivity index is 2.29. The molecule has 0 bridgehead atoms. The van der Waals surface area contributed by atoms with Gasteiger partial charge in [0.1, 0.15) is 5.60 Å². The molecule has 2 heterocycles. The van der Waals surface area contributed by atoms with Crippen LogP contribution in [0.4, 0.5) is 4.79 Å². The van der Waals surface area contributed by atoms with E-state index in [0.29, 0.717) is 11.3 Å². The van der Waals surface area contributed by atoms with E-state index in [1.54, 1.807) is 27.8 Å². The van der Waals surface area contributed by atoms with Crippen molar-refractivity contribution in [1.29, 1.82) is 0 Å². The molecule has 0 fully saturated rings. The lowest BCUT2D eigenvalue weighted by molar-refractivity contribution is 0.0239. The zero-order valence-electron chi connectivity index (χ0n) is 11.4. The van der Waals surface area contributed by atoms with Crippen molar-refractivity contribution in [2.24, 2.45) is 7.05 Å². The topological polar surface area (TPSA) is 84.4 Å². The monoisotopic (exact) mass is 267 g/mol. The zero-order chi connectivity index (χ0) is 14.4. The second kappa shape index (κ2) is 4.25. The Labute approximate surface area is 109 Å². The molecule has 1 amide bonds. The van der Waals surface area contributed by atoms with Gasteiger partial charge in [-0.1, -0.05) is 0 Å². The van der Waals surface area contributed by atoms with E-state index in [9.17, 15) is 14.4 Å². The van der Waals surface area contributed by atoms with E-state index in [4.69, 9.17) is 4.74 Å². The summed E-state index contributed by atoms with van der Waals surface area (Å²) in [5.41, 5.74) is -0.518. The van der Waals surface area contributed by atoms with Crippen molar-refractivity contribution in [2.75, 3.05) is 0 Å². The standard InChI is InChI=1S/C12H17N3O4/c1-12(2,3)19-11(18)15-5-7-8(6-15)14(4)10(17)13-9(7)16/h5-6H2,1-4H3,(H,13,16,17). The fourth-order valence-electron chi connectivity index (χ4n) is 1.96. The third-order valence-corrected chi connectivity index (χ3v) is 2.89. The largest absolute Gasteiger partial charge is 0.444 e. The summed E-state index contributed by atoms with van der Waals surface area (Å²) in [5, 5.41) is 0. The van der Waals surface area contributed by atoms with Crippen LogP contribution in [0.5, 0.6) is 0 Å². The molecule has 1 N–H and O–H groups in total. The van der Waals surface area contributed by atoms with Gasteiger partial charge in [0.15, 0.2) is 0 Å². The van der Waals surface area contributed by atoms with Crippen molar-refractivity contribution in [2.45, 2.75) is 39.5 Å². The Morgan fingerprint density at radius 3 is 2.47 bits per heavy atom. The lowest BCUT2D eigenvalue weighted by Gasteiger charge is -2.24. The number of hydrogen-bond donors (Lipinski definition) is 1. The Bertz CT molecular complexity index is 636. The van der Waals surface area contributed by atoms with Crippen molar-refractivity contribution in [3.05, 3.63) is 32.1 Å². The van der Waals surface area contributed by atoms with Crippen LogP contribution < -0.4 is 11.2 Å². The van der Waals surface area contributed by atoms with Gasteiger partial charge in [-0.05, 0) is 20.8 Å². The molecule has 1 aromatic heterocycles.